The topological polar surface area (TPSA) is 101 Å². The number of amides is 1. The molecule has 2 atom stereocenters. The summed E-state index contributed by atoms with van der Waals surface area (Å²) in [6.45, 7) is 1.89. The van der Waals surface area contributed by atoms with Crippen LogP contribution in [0, 0.1) is 11.8 Å². The molecular formula is C11H19NO5S. The van der Waals surface area contributed by atoms with E-state index in [9.17, 15) is 18.0 Å². The Kier molecular flexibility index (Phi) is 5.13. The third-order valence-electron chi connectivity index (χ3n) is 3.12. The Morgan fingerprint density at radius 2 is 2.11 bits per heavy atom. The van der Waals surface area contributed by atoms with Crippen LogP contribution in [0.15, 0.2) is 0 Å². The number of carboxylic acid groups (broad SMARTS) is 1. The number of nitrogens with one attached hydrogen (secondary N) is 1. The minimum absolute atomic E-state index is 0.0892. The predicted octanol–water partition coefficient (Wildman–Crippen LogP) is 0.0382. The Bertz CT molecular complexity index is 417. The number of sulfone groups is 1. The standard InChI is InChI=1S/C11H19NO5S/c1-8(11(14)15)2-4-12-10(13)6-9-3-5-18(16,17)7-9/h8-9H,2-7H2,1H3,(H,12,13)(H,14,15). The van der Waals surface area contributed by atoms with E-state index < -0.39 is 21.7 Å². The number of carbonyl (C=O) groups excluding carboxylic acids is 1. The van der Waals surface area contributed by atoms with Crippen LogP contribution >= 0.6 is 0 Å². The van der Waals surface area contributed by atoms with E-state index >= 15 is 0 Å². The molecule has 2 unspecified atom stereocenters. The molecule has 0 aromatic heterocycles. The lowest BCUT2D eigenvalue weighted by Gasteiger charge is -2.10. The number of carboxylic acids is 1. The van der Waals surface area contributed by atoms with Gasteiger partial charge in [0.25, 0.3) is 0 Å². The average Bonchev–Trinajstić information content (AvgIpc) is 2.57. The predicted molar refractivity (Wildman–Crippen MR) is 65.8 cm³/mol. The molecule has 0 spiro atoms. The summed E-state index contributed by atoms with van der Waals surface area (Å²) < 4.78 is 22.4. The van der Waals surface area contributed by atoms with Gasteiger partial charge in [0.15, 0.2) is 9.84 Å². The van der Waals surface area contributed by atoms with Crippen molar-refractivity contribution in [3.63, 3.8) is 0 Å². The Hall–Kier alpha value is -1.11. The van der Waals surface area contributed by atoms with Crippen LogP contribution in [0.1, 0.15) is 26.2 Å². The SMILES string of the molecule is CC(CCNC(=O)CC1CCS(=O)(=O)C1)C(=O)O. The van der Waals surface area contributed by atoms with Crippen LogP contribution in [0.25, 0.3) is 0 Å². The van der Waals surface area contributed by atoms with Crippen LogP contribution in [-0.4, -0.2) is 43.5 Å². The number of aliphatic carboxylic acids is 1. The van der Waals surface area contributed by atoms with Gasteiger partial charge in [0, 0.05) is 13.0 Å². The summed E-state index contributed by atoms with van der Waals surface area (Å²) in [4.78, 5) is 22.1. The highest BCUT2D eigenvalue weighted by atomic mass is 32.2. The molecule has 1 fully saturated rings. The molecule has 0 radical (unpaired) electrons. The van der Waals surface area contributed by atoms with Gasteiger partial charge in [0.05, 0.1) is 17.4 Å². The molecule has 1 amide bonds. The highest BCUT2D eigenvalue weighted by molar-refractivity contribution is 7.91. The smallest absolute Gasteiger partial charge is 0.306 e. The van der Waals surface area contributed by atoms with Gasteiger partial charge in [-0.3, -0.25) is 9.59 Å². The monoisotopic (exact) mass is 277 g/mol. The molecule has 2 N–H and O–H groups in total. The van der Waals surface area contributed by atoms with Crippen LogP contribution < -0.4 is 5.32 Å². The fraction of sp³-hybridized carbons (Fsp3) is 0.818. The maximum absolute atomic E-state index is 11.5. The normalized spacial score (nSPS) is 23.5. The fourth-order valence-electron chi connectivity index (χ4n) is 1.92. The largest absolute Gasteiger partial charge is 0.481 e. The molecule has 0 saturated carbocycles. The van der Waals surface area contributed by atoms with Crippen molar-refractivity contribution in [2.24, 2.45) is 11.8 Å². The second kappa shape index (κ2) is 6.17. The summed E-state index contributed by atoms with van der Waals surface area (Å²) in [6.07, 6.45) is 1.13. The van der Waals surface area contributed by atoms with Crippen molar-refractivity contribution in [2.45, 2.75) is 26.2 Å². The van der Waals surface area contributed by atoms with E-state index in [1.807, 2.05) is 0 Å². The quantitative estimate of drug-likeness (QED) is 0.714. The maximum Gasteiger partial charge on any atom is 0.306 e. The van der Waals surface area contributed by atoms with Crippen LogP contribution in [-0.2, 0) is 19.4 Å². The van der Waals surface area contributed by atoms with E-state index in [1.165, 1.54) is 0 Å². The Morgan fingerprint density at radius 3 is 2.61 bits per heavy atom. The number of hydrogen-bond donors (Lipinski definition) is 2. The van der Waals surface area contributed by atoms with Crippen molar-refractivity contribution in [3.05, 3.63) is 0 Å². The van der Waals surface area contributed by atoms with Gasteiger partial charge < -0.3 is 10.4 Å². The van der Waals surface area contributed by atoms with Gasteiger partial charge in [0.2, 0.25) is 5.91 Å². The van der Waals surface area contributed by atoms with Crippen molar-refractivity contribution < 1.29 is 23.1 Å². The summed E-state index contributed by atoms with van der Waals surface area (Å²) in [5.41, 5.74) is 0. The first-order valence-electron chi connectivity index (χ1n) is 6.00. The summed E-state index contributed by atoms with van der Waals surface area (Å²) in [6, 6.07) is 0. The molecule has 18 heavy (non-hydrogen) atoms. The first-order chi connectivity index (χ1) is 8.30. The molecule has 0 aromatic rings. The molecular weight excluding hydrogens is 258 g/mol. The summed E-state index contributed by atoms with van der Waals surface area (Å²) >= 11 is 0. The van der Waals surface area contributed by atoms with E-state index in [0.717, 1.165) is 0 Å². The highest BCUT2D eigenvalue weighted by Gasteiger charge is 2.29. The zero-order chi connectivity index (χ0) is 13.8. The Labute approximate surface area is 107 Å². The first-order valence-corrected chi connectivity index (χ1v) is 7.82. The molecule has 1 rings (SSSR count). The van der Waals surface area contributed by atoms with E-state index in [0.29, 0.717) is 19.4 Å². The van der Waals surface area contributed by atoms with Crippen molar-refractivity contribution in [1.82, 2.24) is 5.32 Å². The molecule has 1 heterocycles. The van der Waals surface area contributed by atoms with Crippen LogP contribution in [0.3, 0.4) is 0 Å². The summed E-state index contributed by atoms with van der Waals surface area (Å²) in [5, 5.41) is 11.3. The Morgan fingerprint density at radius 1 is 1.44 bits per heavy atom. The molecule has 1 saturated heterocycles. The van der Waals surface area contributed by atoms with Crippen LogP contribution in [0.4, 0.5) is 0 Å². The molecule has 0 bridgehead atoms. The van der Waals surface area contributed by atoms with Gasteiger partial charge in [-0.25, -0.2) is 8.42 Å². The van der Waals surface area contributed by atoms with Gasteiger partial charge in [-0.1, -0.05) is 6.92 Å². The first kappa shape index (κ1) is 14.9. The van der Waals surface area contributed by atoms with E-state index in [2.05, 4.69) is 5.32 Å². The molecule has 1 aliphatic heterocycles. The molecule has 7 heteroatoms. The molecule has 0 aromatic carbocycles. The molecule has 0 aliphatic carbocycles. The summed E-state index contributed by atoms with van der Waals surface area (Å²) in [5.74, 6) is -1.41. The highest BCUT2D eigenvalue weighted by Crippen LogP contribution is 2.21. The zero-order valence-corrected chi connectivity index (χ0v) is 11.2. The van der Waals surface area contributed by atoms with Crippen molar-refractivity contribution in [2.75, 3.05) is 18.1 Å². The van der Waals surface area contributed by atoms with Gasteiger partial charge >= 0.3 is 5.97 Å². The Balaban J connectivity index is 2.21. The minimum Gasteiger partial charge on any atom is -0.481 e. The average molecular weight is 277 g/mol. The molecule has 6 nitrogen and oxygen atoms in total. The third kappa shape index (κ3) is 5.03. The maximum atomic E-state index is 11.5. The number of rotatable bonds is 6. The lowest BCUT2D eigenvalue weighted by molar-refractivity contribution is -0.141. The van der Waals surface area contributed by atoms with Gasteiger partial charge in [0.1, 0.15) is 0 Å². The molecule has 104 valence electrons. The van der Waals surface area contributed by atoms with E-state index in [4.69, 9.17) is 5.11 Å². The second-order valence-electron chi connectivity index (χ2n) is 4.85. The lowest BCUT2D eigenvalue weighted by atomic mass is 10.0. The van der Waals surface area contributed by atoms with Crippen LogP contribution in [0.5, 0.6) is 0 Å². The number of carbonyl (C=O) groups is 2. The summed E-state index contributed by atoms with van der Waals surface area (Å²) in [7, 11) is -2.94. The van der Waals surface area contributed by atoms with Crippen LogP contribution in [0.2, 0.25) is 0 Å². The lowest BCUT2D eigenvalue weighted by Crippen LogP contribution is -2.28. The number of hydrogen-bond acceptors (Lipinski definition) is 4. The third-order valence-corrected chi connectivity index (χ3v) is 4.96. The second-order valence-corrected chi connectivity index (χ2v) is 7.08. The minimum atomic E-state index is -2.94. The van der Waals surface area contributed by atoms with Crippen molar-refractivity contribution in [1.29, 1.82) is 0 Å². The van der Waals surface area contributed by atoms with Gasteiger partial charge in [-0.2, -0.15) is 0 Å². The van der Waals surface area contributed by atoms with Gasteiger partial charge in [-0.05, 0) is 18.8 Å². The van der Waals surface area contributed by atoms with E-state index in [-0.39, 0.29) is 29.8 Å². The zero-order valence-electron chi connectivity index (χ0n) is 10.4. The van der Waals surface area contributed by atoms with Gasteiger partial charge in [-0.15, -0.1) is 0 Å². The van der Waals surface area contributed by atoms with Crippen molar-refractivity contribution in [3.8, 4) is 0 Å². The fourth-order valence-corrected chi connectivity index (χ4v) is 3.78. The molecule has 1 aliphatic rings. The van der Waals surface area contributed by atoms with Crippen molar-refractivity contribution >= 4 is 21.7 Å². The van der Waals surface area contributed by atoms with E-state index in [1.54, 1.807) is 6.92 Å².